The number of aryl methyl sites for hydroxylation is 1. The first kappa shape index (κ1) is 26.5. The van der Waals surface area contributed by atoms with Gasteiger partial charge in [-0.15, -0.1) is 11.3 Å². The molecule has 0 fully saturated rings. The van der Waals surface area contributed by atoms with E-state index in [-0.39, 0.29) is 33.9 Å². The lowest BCUT2D eigenvalue weighted by atomic mass is 10.0. The molecule has 2 aromatic carbocycles. The Bertz CT molecular complexity index is 1610. The van der Waals surface area contributed by atoms with Gasteiger partial charge in [0.1, 0.15) is 17.1 Å². The fraction of sp³-hybridized carbons (Fsp3) is 0.231. The summed E-state index contributed by atoms with van der Waals surface area (Å²) < 4.78 is 6.38. The molecule has 0 saturated heterocycles. The van der Waals surface area contributed by atoms with E-state index in [1.165, 1.54) is 36.2 Å². The van der Waals surface area contributed by atoms with Crippen LogP contribution in [-0.2, 0) is 11.3 Å². The third-order valence-corrected chi connectivity index (χ3v) is 7.14. The molecule has 0 aliphatic heterocycles. The van der Waals surface area contributed by atoms with Gasteiger partial charge < -0.3 is 15.4 Å². The number of non-ortho nitro benzene ring substituents is 1. The van der Waals surface area contributed by atoms with Crippen LogP contribution in [0.3, 0.4) is 0 Å². The van der Waals surface area contributed by atoms with Crippen molar-refractivity contribution in [3.05, 3.63) is 85.3 Å². The lowest BCUT2D eigenvalue weighted by Gasteiger charge is -2.10. The molecule has 0 radical (unpaired) electrons. The van der Waals surface area contributed by atoms with Crippen molar-refractivity contribution >= 4 is 50.4 Å². The minimum atomic E-state index is -0.580. The van der Waals surface area contributed by atoms with E-state index in [0.29, 0.717) is 22.0 Å². The van der Waals surface area contributed by atoms with E-state index in [1.807, 2.05) is 24.3 Å². The van der Waals surface area contributed by atoms with Gasteiger partial charge in [-0.05, 0) is 42.2 Å². The number of rotatable bonds is 8. The standard InChI is InChI=1S/C26H25N5O6S/c1-14(2)16-5-7-17(8-6-16)28-21(32)12-30-13-27-25-22(26(30)34)15(3)23(38-25)24(33)29-19-11-18(31(35)36)9-10-20(19)37-4/h5-11,13-14H,12H2,1-4H3,(H,28,32)(H,29,33). The monoisotopic (exact) mass is 535 g/mol. The summed E-state index contributed by atoms with van der Waals surface area (Å²) in [6, 6.07) is 11.3. The molecule has 0 aliphatic carbocycles. The lowest BCUT2D eigenvalue weighted by Crippen LogP contribution is -2.28. The van der Waals surface area contributed by atoms with E-state index in [0.717, 1.165) is 16.9 Å². The van der Waals surface area contributed by atoms with Crippen LogP contribution in [0, 0.1) is 17.0 Å². The first-order chi connectivity index (χ1) is 18.1. The Hall–Kier alpha value is -4.58. The number of aromatic nitrogens is 2. The van der Waals surface area contributed by atoms with Gasteiger partial charge >= 0.3 is 0 Å². The summed E-state index contributed by atoms with van der Waals surface area (Å²) in [5, 5.41) is 16.8. The average Bonchev–Trinajstić information content (AvgIpc) is 3.23. The smallest absolute Gasteiger partial charge is 0.271 e. The highest BCUT2D eigenvalue weighted by atomic mass is 32.1. The molecule has 0 saturated carbocycles. The molecule has 0 bridgehead atoms. The minimum absolute atomic E-state index is 0.118. The van der Waals surface area contributed by atoms with Crippen molar-refractivity contribution in [2.45, 2.75) is 33.2 Å². The number of hydrogen-bond acceptors (Lipinski definition) is 8. The number of anilines is 2. The Morgan fingerprint density at radius 3 is 2.50 bits per heavy atom. The molecule has 0 unspecified atom stereocenters. The van der Waals surface area contributed by atoms with Crippen LogP contribution in [0.1, 0.15) is 40.6 Å². The molecule has 2 amide bonds. The Morgan fingerprint density at radius 1 is 1.16 bits per heavy atom. The number of nitro groups is 1. The van der Waals surface area contributed by atoms with Gasteiger partial charge in [-0.2, -0.15) is 0 Å². The maximum atomic E-state index is 13.2. The van der Waals surface area contributed by atoms with Crippen LogP contribution in [0.4, 0.5) is 17.1 Å². The zero-order chi connectivity index (χ0) is 27.6. The maximum Gasteiger partial charge on any atom is 0.271 e. The summed E-state index contributed by atoms with van der Waals surface area (Å²) in [6.07, 6.45) is 1.27. The zero-order valence-corrected chi connectivity index (χ0v) is 21.9. The molecule has 4 rings (SSSR count). The second-order valence-electron chi connectivity index (χ2n) is 8.83. The van der Waals surface area contributed by atoms with Crippen molar-refractivity contribution < 1.29 is 19.2 Å². The van der Waals surface area contributed by atoms with Crippen LogP contribution in [0.25, 0.3) is 10.2 Å². The zero-order valence-electron chi connectivity index (χ0n) is 21.1. The lowest BCUT2D eigenvalue weighted by molar-refractivity contribution is -0.384. The second-order valence-corrected chi connectivity index (χ2v) is 9.83. The van der Waals surface area contributed by atoms with Gasteiger partial charge in [0.05, 0.1) is 34.3 Å². The Balaban J connectivity index is 1.57. The van der Waals surface area contributed by atoms with Gasteiger partial charge in [-0.25, -0.2) is 4.98 Å². The molecule has 2 N–H and O–H groups in total. The normalized spacial score (nSPS) is 11.0. The molecular weight excluding hydrogens is 510 g/mol. The van der Waals surface area contributed by atoms with E-state index < -0.39 is 22.3 Å². The summed E-state index contributed by atoms with van der Waals surface area (Å²) in [4.78, 5) is 54.3. The molecule has 2 aromatic heterocycles. The predicted octanol–water partition coefficient (Wildman–Crippen LogP) is 4.70. The number of carbonyl (C=O) groups excluding carboxylic acids is 2. The summed E-state index contributed by atoms with van der Waals surface area (Å²) in [6.45, 7) is 5.52. The Kier molecular flexibility index (Phi) is 7.53. The van der Waals surface area contributed by atoms with Gasteiger partial charge in [0, 0.05) is 17.8 Å². The topological polar surface area (TPSA) is 145 Å². The molecule has 2 heterocycles. The SMILES string of the molecule is COc1ccc([N+](=O)[O-])cc1NC(=O)c1sc2ncn(CC(=O)Nc3ccc(C(C)C)cc3)c(=O)c2c1C. The number of thiophene rings is 1. The molecule has 0 aliphatic rings. The van der Waals surface area contributed by atoms with Crippen molar-refractivity contribution in [2.24, 2.45) is 0 Å². The average molecular weight is 536 g/mol. The number of nitrogens with zero attached hydrogens (tertiary/aromatic N) is 3. The fourth-order valence-electron chi connectivity index (χ4n) is 3.88. The minimum Gasteiger partial charge on any atom is -0.495 e. The second kappa shape index (κ2) is 10.8. The number of methoxy groups -OCH3 is 1. The van der Waals surface area contributed by atoms with Crippen LogP contribution in [0.15, 0.2) is 53.6 Å². The molecular formula is C26H25N5O6S. The molecule has 196 valence electrons. The largest absolute Gasteiger partial charge is 0.495 e. The van der Waals surface area contributed by atoms with Gasteiger partial charge in [-0.3, -0.25) is 29.1 Å². The Morgan fingerprint density at radius 2 is 1.87 bits per heavy atom. The number of nitrogens with one attached hydrogen (secondary N) is 2. The summed E-state index contributed by atoms with van der Waals surface area (Å²) >= 11 is 1.01. The molecule has 0 spiro atoms. The molecule has 4 aromatic rings. The quantitative estimate of drug-likeness (QED) is 0.246. The van der Waals surface area contributed by atoms with Crippen LogP contribution >= 0.6 is 11.3 Å². The summed E-state index contributed by atoms with van der Waals surface area (Å²) in [7, 11) is 1.38. The third-order valence-electron chi connectivity index (χ3n) is 5.94. The highest BCUT2D eigenvalue weighted by Crippen LogP contribution is 2.32. The molecule has 12 heteroatoms. The highest BCUT2D eigenvalue weighted by Gasteiger charge is 2.22. The van der Waals surface area contributed by atoms with Crippen molar-refractivity contribution in [3.63, 3.8) is 0 Å². The van der Waals surface area contributed by atoms with E-state index >= 15 is 0 Å². The fourth-order valence-corrected chi connectivity index (χ4v) is 4.92. The molecule has 38 heavy (non-hydrogen) atoms. The van der Waals surface area contributed by atoms with E-state index in [2.05, 4.69) is 29.5 Å². The molecule has 11 nitrogen and oxygen atoms in total. The number of carbonyl (C=O) groups is 2. The maximum absolute atomic E-state index is 13.2. The van der Waals surface area contributed by atoms with Crippen LogP contribution in [0.2, 0.25) is 0 Å². The third kappa shape index (κ3) is 5.39. The summed E-state index contributed by atoms with van der Waals surface area (Å²) in [5.41, 5.74) is 1.60. The van der Waals surface area contributed by atoms with Gasteiger partial charge in [-0.1, -0.05) is 26.0 Å². The van der Waals surface area contributed by atoms with E-state index in [9.17, 15) is 24.5 Å². The first-order valence-electron chi connectivity index (χ1n) is 11.6. The van der Waals surface area contributed by atoms with Gasteiger partial charge in [0.25, 0.3) is 17.2 Å². The van der Waals surface area contributed by atoms with Crippen LogP contribution < -0.4 is 20.9 Å². The summed E-state index contributed by atoms with van der Waals surface area (Å²) in [5.74, 6) is -0.356. The first-order valence-corrected chi connectivity index (χ1v) is 12.4. The molecule has 0 atom stereocenters. The van der Waals surface area contributed by atoms with Gasteiger partial charge in [0.15, 0.2) is 0 Å². The number of fused-ring (bicyclic) bond motifs is 1. The predicted molar refractivity (Wildman–Crippen MR) is 145 cm³/mol. The number of nitro benzene ring substituents is 1. The van der Waals surface area contributed by atoms with E-state index in [1.54, 1.807) is 6.92 Å². The number of ether oxygens (including phenoxy) is 1. The van der Waals surface area contributed by atoms with Crippen molar-refractivity contribution in [2.75, 3.05) is 17.7 Å². The highest BCUT2D eigenvalue weighted by molar-refractivity contribution is 7.20. The van der Waals surface area contributed by atoms with Crippen molar-refractivity contribution in [1.82, 2.24) is 9.55 Å². The van der Waals surface area contributed by atoms with Crippen molar-refractivity contribution in [3.8, 4) is 5.75 Å². The number of amides is 2. The van der Waals surface area contributed by atoms with Crippen LogP contribution in [0.5, 0.6) is 5.75 Å². The van der Waals surface area contributed by atoms with Crippen molar-refractivity contribution in [1.29, 1.82) is 0 Å². The van der Waals surface area contributed by atoms with Gasteiger partial charge in [0.2, 0.25) is 5.91 Å². The van der Waals surface area contributed by atoms with E-state index in [4.69, 9.17) is 4.74 Å². The van der Waals surface area contributed by atoms with Crippen LogP contribution in [-0.4, -0.2) is 33.4 Å². The number of hydrogen-bond donors (Lipinski definition) is 2. The Labute approximate surface area is 221 Å². The number of benzene rings is 2.